The van der Waals surface area contributed by atoms with E-state index in [0.717, 1.165) is 0 Å². The lowest BCUT2D eigenvalue weighted by Crippen LogP contribution is -2.39. The molecule has 3 aromatic carbocycles. The predicted octanol–water partition coefficient (Wildman–Crippen LogP) is 4.91. The van der Waals surface area contributed by atoms with Crippen LogP contribution in [0.1, 0.15) is 34.5 Å². The third kappa shape index (κ3) is 5.08. The zero-order valence-corrected chi connectivity index (χ0v) is 16.4. The van der Waals surface area contributed by atoms with E-state index in [2.05, 4.69) is 0 Å². The molecule has 3 rings (SSSR count). The third-order valence-corrected chi connectivity index (χ3v) is 4.56. The summed E-state index contributed by atoms with van der Waals surface area (Å²) in [6, 6.07) is 18.5. The molecule has 30 heavy (non-hydrogen) atoms. The van der Waals surface area contributed by atoms with Crippen LogP contribution in [0.5, 0.6) is 0 Å². The second-order valence-corrected chi connectivity index (χ2v) is 6.63. The van der Waals surface area contributed by atoms with E-state index < -0.39 is 29.6 Å². The Morgan fingerprint density at radius 2 is 1.43 bits per heavy atom. The Labute approximate surface area is 173 Å². The lowest BCUT2D eigenvalue weighted by atomic mass is 10.0. The molecule has 6 heteroatoms. The van der Waals surface area contributed by atoms with Crippen LogP contribution in [0.2, 0.25) is 0 Å². The second kappa shape index (κ2) is 9.78. The van der Waals surface area contributed by atoms with Crippen molar-refractivity contribution in [1.82, 2.24) is 4.90 Å². The van der Waals surface area contributed by atoms with Crippen LogP contribution in [-0.2, 0) is 16.1 Å². The molecule has 0 aliphatic heterocycles. The summed E-state index contributed by atoms with van der Waals surface area (Å²) < 4.78 is 32.0. The van der Waals surface area contributed by atoms with Crippen molar-refractivity contribution in [3.8, 4) is 0 Å². The van der Waals surface area contributed by atoms with Gasteiger partial charge in [-0.25, -0.2) is 13.6 Å². The number of nitrogens with zero attached hydrogens (tertiary/aromatic N) is 1. The molecule has 0 aliphatic rings. The SMILES string of the molecule is CCOC(=O)C(c1ccc(F)cc1)N(Cc1ccc(F)cc1)C(=O)c1ccccc1. The average molecular weight is 409 g/mol. The molecule has 0 saturated heterocycles. The molecule has 4 nitrogen and oxygen atoms in total. The van der Waals surface area contributed by atoms with Crippen LogP contribution in [-0.4, -0.2) is 23.4 Å². The number of hydrogen-bond acceptors (Lipinski definition) is 3. The smallest absolute Gasteiger partial charge is 0.333 e. The first-order valence-corrected chi connectivity index (χ1v) is 9.52. The Morgan fingerprint density at radius 1 is 0.867 bits per heavy atom. The molecule has 0 N–H and O–H groups in total. The van der Waals surface area contributed by atoms with Gasteiger partial charge in [0.1, 0.15) is 11.6 Å². The minimum Gasteiger partial charge on any atom is -0.464 e. The fourth-order valence-corrected chi connectivity index (χ4v) is 3.12. The van der Waals surface area contributed by atoms with Crippen LogP contribution in [0.15, 0.2) is 78.9 Å². The normalized spacial score (nSPS) is 11.6. The van der Waals surface area contributed by atoms with E-state index in [1.54, 1.807) is 49.4 Å². The number of carbonyl (C=O) groups is 2. The van der Waals surface area contributed by atoms with Crippen LogP contribution in [0.3, 0.4) is 0 Å². The fourth-order valence-electron chi connectivity index (χ4n) is 3.12. The van der Waals surface area contributed by atoms with Crippen molar-refractivity contribution < 1.29 is 23.1 Å². The molecule has 0 bridgehead atoms. The first-order chi connectivity index (χ1) is 14.5. The van der Waals surface area contributed by atoms with Gasteiger partial charge in [-0.05, 0) is 54.4 Å². The molecule has 1 unspecified atom stereocenters. The van der Waals surface area contributed by atoms with E-state index in [9.17, 15) is 18.4 Å². The Morgan fingerprint density at radius 3 is 2.00 bits per heavy atom. The third-order valence-electron chi connectivity index (χ3n) is 4.56. The van der Waals surface area contributed by atoms with Crippen LogP contribution in [0.25, 0.3) is 0 Å². The maximum Gasteiger partial charge on any atom is 0.333 e. The van der Waals surface area contributed by atoms with E-state index in [4.69, 9.17) is 4.74 Å². The van der Waals surface area contributed by atoms with Crippen molar-refractivity contribution >= 4 is 11.9 Å². The van der Waals surface area contributed by atoms with Crippen molar-refractivity contribution in [3.63, 3.8) is 0 Å². The maximum atomic E-state index is 13.5. The number of hydrogen-bond donors (Lipinski definition) is 0. The lowest BCUT2D eigenvalue weighted by molar-refractivity contribution is -0.149. The zero-order valence-electron chi connectivity index (χ0n) is 16.4. The maximum absolute atomic E-state index is 13.5. The molecule has 0 aliphatic carbocycles. The predicted molar refractivity (Wildman–Crippen MR) is 108 cm³/mol. The summed E-state index contributed by atoms with van der Waals surface area (Å²) in [6.07, 6.45) is 0. The molecule has 0 saturated carbocycles. The van der Waals surface area contributed by atoms with E-state index >= 15 is 0 Å². The van der Waals surface area contributed by atoms with E-state index in [1.165, 1.54) is 41.3 Å². The molecule has 3 aromatic rings. The number of rotatable bonds is 7. The van der Waals surface area contributed by atoms with Crippen molar-refractivity contribution in [2.45, 2.75) is 19.5 Å². The Hall–Kier alpha value is -3.54. The van der Waals surface area contributed by atoms with Gasteiger partial charge in [-0.15, -0.1) is 0 Å². The summed E-state index contributed by atoms with van der Waals surface area (Å²) in [6.45, 7) is 1.83. The number of carbonyl (C=O) groups excluding carboxylic acids is 2. The van der Waals surface area contributed by atoms with Gasteiger partial charge in [0.15, 0.2) is 6.04 Å². The van der Waals surface area contributed by atoms with E-state index in [-0.39, 0.29) is 13.2 Å². The van der Waals surface area contributed by atoms with E-state index in [1.807, 2.05) is 0 Å². The van der Waals surface area contributed by atoms with Crippen LogP contribution < -0.4 is 0 Å². The van der Waals surface area contributed by atoms with Crippen LogP contribution in [0, 0.1) is 11.6 Å². The van der Waals surface area contributed by atoms with Crippen molar-refractivity contribution in [2.75, 3.05) is 6.61 Å². The average Bonchev–Trinajstić information content (AvgIpc) is 2.76. The van der Waals surface area contributed by atoms with Crippen LogP contribution >= 0.6 is 0 Å². The molecular weight excluding hydrogens is 388 g/mol. The van der Waals surface area contributed by atoms with Crippen molar-refractivity contribution in [3.05, 3.63) is 107 Å². The summed E-state index contributed by atoms with van der Waals surface area (Å²) in [5, 5.41) is 0. The monoisotopic (exact) mass is 409 g/mol. The highest BCUT2D eigenvalue weighted by atomic mass is 19.1. The first-order valence-electron chi connectivity index (χ1n) is 9.52. The highest BCUT2D eigenvalue weighted by Gasteiger charge is 2.33. The summed E-state index contributed by atoms with van der Waals surface area (Å²) in [4.78, 5) is 27.6. The van der Waals surface area contributed by atoms with Crippen molar-refractivity contribution in [1.29, 1.82) is 0 Å². The summed E-state index contributed by atoms with van der Waals surface area (Å²) >= 11 is 0. The Balaban J connectivity index is 2.07. The zero-order chi connectivity index (χ0) is 21.5. The minimum absolute atomic E-state index is 0.0366. The van der Waals surface area contributed by atoms with Crippen LogP contribution in [0.4, 0.5) is 8.78 Å². The summed E-state index contributed by atoms with van der Waals surface area (Å²) in [5.74, 6) is -1.89. The first kappa shape index (κ1) is 21.2. The second-order valence-electron chi connectivity index (χ2n) is 6.63. The number of ether oxygens (including phenoxy) is 1. The molecule has 1 atom stereocenters. The quantitative estimate of drug-likeness (QED) is 0.521. The number of benzene rings is 3. The van der Waals surface area contributed by atoms with Gasteiger partial charge in [0, 0.05) is 12.1 Å². The van der Waals surface area contributed by atoms with Gasteiger partial charge in [-0.1, -0.05) is 42.5 Å². The minimum atomic E-state index is -1.09. The van der Waals surface area contributed by atoms with Gasteiger partial charge in [-0.2, -0.15) is 0 Å². The number of amides is 1. The van der Waals surface area contributed by atoms with Gasteiger partial charge in [-0.3, -0.25) is 4.79 Å². The number of halogens is 2. The van der Waals surface area contributed by atoms with Gasteiger partial charge in [0.05, 0.1) is 6.61 Å². The van der Waals surface area contributed by atoms with Crippen molar-refractivity contribution in [2.24, 2.45) is 0 Å². The number of esters is 1. The van der Waals surface area contributed by atoms with E-state index in [0.29, 0.717) is 16.7 Å². The Kier molecular flexibility index (Phi) is 6.91. The molecule has 0 spiro atoms. The van der Waals surface area contributed by atoms with Gasteiger partial charge >= 0.3 is 5.97 Å². The molecule has 154 valence electrons. The molecule has 0 heterocycles. The molecule has 1 amide bonds. The lowest BCUT2D eigenvalue weighted by Gasteiger charge is -2.31. The van der Waals surface area contributed by atoms with Gasteiger partial charge in [0.25, 0.3) is 5.91 Å². The molecule has 0 radical (unpaired) electrons. The molecular formula is C24H21F2NO3. The summed E-state index contributed by atoms with van der Waals surface area (Å²) in [5.41, 5.74) is 1.44. The largest absolute Gasteiger partial charge is 0.464 e. The Bertz CT molecular complexity index is 989. The molecule has 0 aromatic heterocycles. The highest BCUT2D eigenvalue weighted by molar-refractivity contribution is 5.97. The van der Waals surface area contributed by atoms with Gasteiger partial charge < -0.3 is 9.64 Å². The standard InChI is InChI=1S/C24H21F2NO3/c1-2-30-24(29)22(18-10-14-21(26)15-11-18)27(16-17-8-12-20(25)13-9-17)23(28)19-6-4-3-5-7-19/h3-15,22H,2,16H2,1H3. The summed E-state index contributed by atoms with van der Waals surface area (Å²) in [7, 11) is 0. The fraction of sp³-hybridized carbons (Fsp3) is 0.167. The topological polar surface area (TPSA) is 46.6 Å². The highest BCUT2D eigenvalue weighted by Crippen LogP contribution is 2.27. The van der Waals surface area contributed by atoms with Gasteiger partial charge in [0.2, 0.25) is 0 Å². The molecule has 0 fully saturated rings.